The van der Waals surface area contributed by atoms with Crippen LogP contribution in [0.15, 0.2) is 0 Å². The molecule has 1 fully saturated rings. The van der Waals surface area contributed by atoms with E-state index in [9.17, 15) is 4.79 Å². The third-order valence-corrected chi connectivity index (χ3v) is 2.56. The number of carbonyl (C=O) groups is 1. The lowest BCUT2D eigenvalue weighted by Gasteiger charge is -2.19. The number of esters is 1. The molecule has 0 aromatic carbocycles. The molecule has 0 bridgehead atoms. The monoisotopic (exact) mass is 247 g/mol. The lowest BCUT2D eigenvalue weighted by molar-refractivity contribution is -0.150. The smallest absolute Gasteiger partial charge is 0.328 e. The lowest BCUT2D eigenvalue weighted by Crippen LogP contribution is -2.49. The first kappa shape index (κ1) is 14.4. The first-order chi connectivity index (χ1) is 8.19. The van der Waals surface area contributed by atoms with Crippen molar-refractivity contribution in [1.29, 1.82) is 0 Å². The number of ether oxygens (including phenoxy) is 4. The van der Waals surface area contributed by atoms with Crippen molar-refractivity contribution in [3.63, 3.8) is 0 Å². The Labute approximate surface area is 101 Å². The van der Waals surface area contributed by atoms with Crippen LogP contribution in [0, 0.1) is 0 Å². The number of nitrogens with two attached hydrogens (primary N) is 1. The van der Waals surface area contributed by atoms with Crippen molar-refractivity contribution in [3.8, 4) is 0 Å². The van der Waals surface area contributed by atoms with Gasteiger partial charge in [0.1, 0.15) is 5.54 Å². The summed E-state index contributed by atoms with van der Waals surface area (Å²) in [5.41, 5.74) is 4.89. The summed E-state index contributed by atoms with van der Waals surface area (Å²) in [4.78, 5) is 11.6. The average Bonchev–Trinajstić information content (AvgIpc) is 2.76. The van der Waals surface area contributed by atoms with Gasteiger partial charge in [0.2, 0.25) is 0 Å². The molecule has 0 amide bonds. The molecule has 1 rings (SSSR count). The number of hydrogen-bond acceptors (Lipinski definition) is 6. The maximum Gasteiger partial charge on any atom is 0.328 e. The molecule has 0 aliphatic carbocycles. The zero-order valence-electron chi connectivity index (χ0n) is 10.3. The van der Waals surface area contributed by atoms with Crippen LogP contribution in [0.25, 0.3) is 0 Å². The highest BCUT2D eigenvalue weighted by molar-refractivity contribution is 5.81. The molecule has 100 valence electrons. The number of carbonyl (C=O) groups excluding carboxylic acids is 1. The highest BCUT2D eigenvalue weighted by Crippen LogP contribution is 2.16. The Morgan fingerprint density at radius 3 is 2.82 bits per heavy atom. The second kappa shape index (κ2) is 7.60. The van der Waals surface area contributed by atoms with Crippen molar-refractivity contribution in [1.82, 2.24) is 0 Å². The first-order valence-corrected chi connectivity index (χ1v) is 5.79. The summed E-state index contributed by atoms with van der Waals surface area (Å²) in [6, 6.07) is 0. The first-order valence-electron chi connectivity index (χ1n) is 5.79. The zero-order chi connectivity index (χ0) is 12.6. The fourth-order valence-corrected chi connectivity index (χ4v) is 1.46. The van der Waals surface area contributed by atoms with E-state index < -0.39 is 5.54 Å². The Morgan fingerprint density at radius 1 is 1.35 bits per heavy atom. The minimum atomic E-state index is -0.948. The van der Waals surface area contributed by atoms with Crippen molar-refractivity contribution < 1.29 is 23.7 Å². The Bertz CT molecular complexity index is 228. The normalized spacial score (nSPS) is 23.9. The van der Waals surface area contributed by atoms with E-state index in [0.717, 1.165) is 0 Å². The lowest BCUT2D eigenvalue weighted by atomic mass is 10.0. The van der Waals surface area contributed by atoms with Crippen molar-refractivity contribution in [2.45, 2.75) is 18.4 Å². The molecular weight excluding hydrogens is 226 g/mol. The highest BCUT2D eigenvalue weighted by atomic mass is 16.5. The van der Waals surface area contributed by atoms with Gasteiger partial charge in [0.15, 0.2) is 0 Å². The van der Waals surface area contributed by atoms with Gasteiger partial charge in [-0.05, 0) is 0 Å². The molecule has 0 radical (unpaired) electrons. The molecule has 0 aromatic rings. The summed E-state index contributed by atoms with van der Waals surface area (Å²) in [7, 11) is 1.62. The average molecular weight is 247 g/mol. The van der Waals surface area contributed by atoms with E-state index in [4.69, 9.17) is 24.7 Å². The SMILES string of the molecule is COCCOCCCOC(=O)C1(N)CCOC1. The Balaban J connectivity index is 2.00. The Hall–Kier alpha value is -0.690. The number of rotatable bonds is 8. The molecular formula is C11H21NO5. The van der Waals surface area contributed by atoms with Gasteiger partial charge in [0.05, 0.1) is 26.4 Å². The fourth-order valence-electron chi connectivity index (χ4n) is 1.46. The minimum Gasteiger partial charge on any atom is -0.464 e. The van der Waals surface area contributed by atoms with Crippen LogP contribution in [0.3, 0.4) is 0 Å². The summed E-state index contributed by atoms with van der Waals surface area (Å²) >= 11 is 0. The van der Waals surface area contributed by atoms with Crippen molar-refractivity contribution >= 4 is 5.97 Å². The number of hydrogen-bond donors (Lipinski definition) is 1. The van der Waals surface area contributed by atoms with E-state index in [1.165, 1.54) is 0 Å². The number of methoxy groups -OCH3 is 1. The predicted octanol–water partition coefficient (Wildman–Crippen LogP) is -0.299. The van der Waals surface area contributed by atoms with Crippen LogP contribution >= 0.6 is 0 Å². The molecule has 1 heterocycles. The maximum atomic E-state index is 11.6. The molecule has 2 N–H and O–H groups in total. The quantitative estimate of drug-likeness (QED) is 0.468. The molecule has 1 atom stereocenters. The molecule has 1 unspecified atom stereocenters. The molecule has 0 spiro atoms. The second-order valence-electron chi connectivity index (χ2n) is 4.05. The van der Waals surface area contributed by atoms with Crippen molar-refractivity contribution in [2.24, 2.45) is 5.73 Å². The molecule has 1 aliphatic heterocycles. The third kappa shape index (κ3) is 4.99. The van der Waals surface area contributed by atoms with E-state index >= 15 is 0 Å². The van der Waals surface area contributed by atoms with Gasteiger partial charge in [-0.15, -0.1) is 0 Å². The topological polar surface area (TPSA) is 80.0 Å². The molecule has 0 aromatic heterocycles. The van der Waals surface area contributed by atoms with Gasteiger partial charge in [0.25, 0.3) is 0 Å². The van der Waals surface area contributed by atoms with Gasteiger partial charge in [-0.3, -0.25) is 0 Å². The maximum absolute atomic E-state index is 11.6. The molecule has 1 aliphatic rings. The van der Waals surface area contributed by atoms with E-state index in [1.807, 2.05) is 0 Å². The molecule has 6 heteroatoms. The molecule has 17 heavy (non-hydrogen) atoms. The standard InChI is InChI=1S/C11H21NO5/c1-14-7-8-15-4-2-5-17-10(13)11(12)3-6-16-9-11/h2-9,12H2,1H3. The summed E-state index contributed by atoms with van der Waals surface area (Å²) in [6.45, 7) is 2.76. The van der Waals surface area contributed by atoms with Crippen LogP contribution in [0.2, 0.25) is 0 Å². The van der Waals surface area contributed by atoms with Crippen molar-refractivity contribution in [3.05, 3.63) is 0 Å². The molecule has 1 saturated heterocycles. The van der Waals surface area contributed by atoms with Crippen LogP contribution in [0.4, 0.5) is 0 Å². The largest absolute Gasteiger partial charge is 0.464 e. The third-order valence-electron chi connectivity index (χ3n) is 2.56. The second-order valence-corrected chi connectivity index (χ2v) is 4.05. The van der Waals surface area contributed by atoms with Gasteiger partial charge in [-0.1, -0.05) is 0 Å². The summed E-state index contributed by atoms with van der Waals surface area (Å²) < 4.78 is 20.2. The fraction of sp³-hybridized carbons (Fsp3) is 0.909. The van der Waals surface area contributed by atoms with Gasteiger partial charge >= 0.3 is 5.97 Å². The minimum absolute atomic E-state index is 0.246. The van der Waals surface area contributed by atoms with Crippen LogP contribution in [-0.2, 0) is 23.7 Å². The van der Waals surface area contributed by atoms with E-state index in [1.54, 1.807) is 7.11 Å². The van der Waals surface area contributed by atoms with Crippen molar-refractivity contribution in [2.75, 3.05) is 46.8 Å². The van der Waals surface area contributed by atoms with Crippen LogP contribution in [0.5, 0.6) is 0 Å². The van der Waals surface area contributed by atoms with E-state index in [-0.39, 0.29) is 12.6 Å². The van der Waals surface area contributed by atoms with E-state index in [0.29, 0.717) is 45.9 Å². The van der Waals surface area contributed by atoms with Crippen LogP contribution in [0.1, 0.15) is 12.8 Å². The zero-order valence-corrected chi connectivity index (χ0v) is 10.3. The highest BCUT2D eigenvalue weighted by Gasteiger charge is 2.39. The molecule has 6 nitrogen and oxygen atoms in total. The van der Waals surface area contributed by atoms with Gasteiger partial charge in [-0.2, -0.15) is 0 Å². The van der Waals surface area contributed by atoms with Crippen LogP contribution < -0.4 is 5.73 Å². The van der Waals surface area contributed by atoms with E-state index in [2.05, 4.69) is 0 Å². The molecule has 0 saturated carbocycles. The predicted molar refractivity (Wildman–Crippen MR) is 60.6 cm³/mol. The van der Waals surface area contributed by atoms with Gasteiger partial charge < -0.3 is 24.7 Å². The Morgan fingerprint density at radius 2 is 2.18 bits per heavy atom. The summed E-state index contributed by atoms with van der Waals surface area (Å²) in [5, 5.41) is 0. The summed E-state index contributed by atoms with van der Waals surface area (Å²) in [5.74, 6) is -0.383. The van der Waals surface area contributed by atoms with Gasteiger partial charge in [-0.25, -0.2) is 4.79 Å². The van der Waals surface area contributed by atoms with Gasteiger partial charge in [0, 0.05) is 33.2 Å². The summed E-state index contributed by atoms with van der Waals surface area (Å²) in [6.07, 6.45) is 1.18. The Kier molecular flexibility index (Phi) is 6.43. The van der Waals surface area contributed by atoms with Crippen LogP contribution in [-0.4, -0.2) is 58.3 Å².